The lowest BCUT2D eigenvalue weighted by molar-refractivity contribution is 0.212. The van der Waals surface area contributed by atoms with E-state index in [4.69, 9.17) is 0 Å². The Hall–Kier alpha value is -1.69. The van der Waals surface area contributed by atoms with Crippen LogP contribution in [-0.4, -0.2) is 49.1 Å². The molecule has 2 atom stereocenters. The highest BCUT2D eigenvalue weighted by atomic mass is 19.1. The molecule has 0 aliphatic carbocycles. The van der Waals surface area contributed by atoms with Crippen LogP contribution in [0.5, 0.6) is 0 Å². The normalized spacial score (nSPS) is 21.7. The Morgan fingerprint density at radius 1 is 1.32 bits per heavy atom. The zero-order chi connectivity index (χ0) is 16.4. The van der Waals surface area contributed by atoms with Crippen LogP contribution >= 0.6 is 0 Å². The van der Waals surface area contributed by atoms with E-state index < -0.39 is 11.6 Å². The molecular weight excluding hydrogens is 288 g/mol. The number of nitrogens with zero attached hydrogens (tertiary/aromatic N) is 2. The summed E-state index contributed by atoms with van der Waals surface area (Å²) in [4.78, 5) is 16.1. The predicted octanol–water partition coefficient (Wildman–Crippen LogP) is 3.01. The van der Waals surface area contributed by atoms with Gasteiger partial charge in [0.15, 0.2) is 0 Å². The number of likely N-dealkylation sites (tertiary alicyclic amines) is 1. The average Bonchev–Trinajstić information content (AvgIpc) is 2.87. The number of carbonyl (C=O) groups excluding carboxylic acids is 1. The summed E-state index contributed by atoms with van der Waals surface area (Å²) in [7, 11) is 4.00. The van der Waals surface area contributed by atoms with E-state index in [1.165, 1.54) is 6.07 Å². The lowest BCUT2D eigenvalue weighted by Crippen LogP contribution is -2.38. The summed E-state index contributed by atoms with van der Waals surface area (Å²) in [5.41, 5.74) is 0.000741. The Bertz CT molecular complexity index is 532. The SMILES string of the molecule is CC(C)[C@@H]1CN(C(=O)Nc2ccc(F)cc2F)C[C@H]1N(C)C. The molecular formula is C16H23F2N3O. The Kier molecular flexibility index (Phi) is 5.01. The molecule has 1 heterocycles. The fourth-order valence-corrected chi connectivity index (χ4v) is 2.96. The summed E-state index contributed by atoms with van der Waals surface area (Å²) < 4.78 is 26.5. The van der Waals surface area contributed by atoms with Gasteiger partial charge in [-0.25, -0.2) is 13.6 Å². The van der Waals surface area contributed by atoms with Crippen molar-refractivity contribution >= 4 is 11.7 Å². The number of hydrogen-bond donors (Lipinski definition) is 1. The van der Waals surface area contributed by atoms with Crippen LogP contribution in [0.25, 0.3) is 0 Å². The Morgan fingerprint density at radius 2 is 2.00 bits per heavy atom. The number of rotatable bonds is 3. The molecule has 0 saturated carbocycles. The van der Waals surface area contributed by atoms with Crippen molar-refractivity contribution in [1.82, 2.24) is 9.80 Å². The molecule has 22 heavy (non-hydrogen) atoms. The second-order valence-corrected chi connectivity index (χ2v) is 6.40. The molecule has 0 radical (unpaired) electrons. The highest BCUT2D eigenvalue weighted by Gasteiger charge is 2.38. The summed E-state index contributed by atoms with van der Waals surface area (Å²) >= 11 is 0. The highest BCUT2D eigenvalue weighted by molar-refractivity contribution is 5.89. The smallest absolute Gasteiger partial charge is 0.321 e. The van der Waals surface area contributed by atoms with Crippen molar-refractivity contribution in [3.05, 3.63) is 29.8 Å². The topological polar surface area (TPSA) is 35.6 Å². The second kappa shape index (κ2) is 6.60. The number of anilines is 1. The van der Waals surface area contributed by atoms with Crippen LogP contribution in [-0.2, 0) is 0 Å². The molecule has 0 unspecified atom stereocenters. The number of urea groups is 1. The molecule has 1 N–H and O–H groups in total. The van der Waals surface area contributed by atoms with Crippen molar-refractivity contribution in [2.45, 2.75) is 19.9 Å². The van der Waals surface area contributed by atoms with Gasteiger partial charge in [-0.3, -0.25) is 0 Å². The number of likely N-dealkylation sites (N-methyl/N-ethyl adjacent to an activating group) is 1. The van der Waals surface area contributed by atoms with E-state index in [1.54, 1.807) is 4.90 Å². The molecule has 6 heteroatoms. The molecule has 4 nitrogen and oxygen atoms in total. The van der Waals surface area contributed by atoms with Crippen LogP contribution in [0.3, 0.4) is 0 Å². The summed E-state index contributed by atoms with van der Waals surface area (Å²) in [5, 5.41) is 2.53. The molecule has 0 bridgehead atoms. The van der Waals surface area contributed by atoms with Gasteiger partial charge in [-0.1, -0.05) is 13.8 Å². The number of hydrogen-bond acceptors (Lipinski definition) is 2. The van der Waals surface area contributed by atoms with Gasteiger partial charge in [-0.15, -0.1) is 0 Å². The predicted molar refractivity (Wildman–Crippen MR) is 82.8 cm³/mol. The second-order valence-electron chi connectivity index (χ2n) is 6.40. The first-order valence-corrected chi connectivity index (χ1v) is 7.47. The van der Waals surface area contributed by atoms with Gasteiger partial charge in [0.1, 0.15) is 11.6 Å². The molecule has 0 spiro atoms. The Balaban J connectivity index is 2.07. The monoisotopic (exact) mass is 311 g/mol. The fraction of sp³-hybridized carbons (Fsp3) is 0.562. The molecule has 1 aliphatic rings. The van der Waals surface area contributed by atoms with Gasteiger partial charge in [0.2, 0.25) is 0 Å². The van der Waals surface area contributed by atoms with Crippen LogP contribution in [0.2, 0.25) is 0 Å². The third kappa shape index (κ3) is 3.55. The van der Waals surface area contributed by atoms with Crippen LogP contribution in [0.4, 0.5) is 19.3 Å². The van der Waals surface area contributed by atoms with E-state index in [9.17, 15) is 13.6 Å². The number of benzene rings is 1. The Morgan fingerprint density at radius 3 is 2.50 bits per heavy atom. The standard InChI is InChI=1S/C16H23F2N3O/c1-10(2)12-8-21(9-15(12)20(3)4)16(22)19-14-6-5-11(17)7-13(14)18/h5-7,10,12,15H,8-9H2,1-4H3,(H,19,22)/t12-,15+/m0/s1. The maximum atomic E-state index is 13.6. The average molecular weight is 311 g/mol. The number of amides is 2. The largest absolute Gasteiger partial charge is 0.323 e. The maximum Gasteiger partial charge on any atom is 0.321 e. The highest BCUT2D eigenvalue weighted by Crippen LogP contribution is 2.28. The van der Waals surface area contributed by atoms with Gasteiger partial charge < -0.3 is 15.1 Å². The minimum Gasteiger partial charge on any atom is -0.323 e. The summed E-state index contributed by atoms with van der Waals surface area (Å²) in [6.07, 6.45) is 0. The molecule has 122 valence electrons. The van der Waals surface area contributed by atoms with Crippen molar-refractivity contribution in [2.24, 2.45) is 11.8 Å². The minimum absolute atomic E-state index is 0.000741. The van der Waals surface area contributed by atoms with Crippen molar-refractivity contribution < 1.29 is 13.6 Å². The first kappa shape index (κ1) is 16.7. The molecule has 1 aromatic carbocycles. The number of halogens is 2. The number of nitrogens with one attached hydrogen (secondary N) is 1. The lowest BCUT2D eigenvalue weighted by atomic mass is 9.91. The van der Waals surface area contributed by atoms with Crippen molar-refractivity contribution in [3.8, 4) is 0 Å². The van der Waals surface area contributed by atoms with Gasteiger partial charge in [0.25, 0.3) is 0 Å². The van der Waals surface area contributed by atoms with Crippen LogP contribution in [0, 0.1) is 23.5 Å². The fourth-order valence-electron chi connectivity index (χ4n) is 2.96. The summed E-state index contributed by atoms with van der Waals surface area (Å²) in [6, 6.07) is 3.06. The first-order valence-electron chi connectivity index (χ1n) is 7.47. The van der Waals surface area contributed by atoms with Crippen molar-refractivity contribution in [1.29, 1.82) is 0 Å². The van der Waals surface area contributed by atoms with Crippen molar-refractivity contribution in [3.63, 3.8) is 0 Å². The minimum atomic E-state index is -0.767. The van der Waals surface area contributed by atoms with Crippen molar-refractivity contribution in [2.75, 3.05) is 32.5 Å². The molecule has 1 aromatic rings. The molecule has 1 aliphatic heterocycles. The summed E-state index contributed by atoms with van der Waals surface area (Å²) in [5.74, 6) is -0.604. The first-order chi connectivity index (χ1) is 10.3. The zero-order valence-electron chi connectivity index (χ0n) is 13.4. The quantitative estimate of drug-likeness (QED) is 0.931. The van der Waals surface area contributed by atoms with Crippen LogP contribution in [0.15, 0.2) is 18.2 Å². The van der Waals surface area contributed by atoms with Gasteiger partial charge in [-0.05, 0) is 38.1 Å². The molecule has 2 amide bonds. The molecule has 0 aromatic heterocycles. The van der Waals surface area contributed by atoms with E-state index in [1.807, 2.05) is 14.1 Å². The van der Waals surface area contributed by atoms with E-state index in [0.717, 1.165) is 12.1 Å². The molecule has 1 saturated heterocycles. The Labute approximate surface area is 130 Å². The van der Waals surface area contributed by atoms with Gasteiger partial charge in [0.05, 0.1) is 5.69 Å². The summed E-state index contributed by atoms with van der Waals surface area (Å²) in [6.45, 7) is 5.52. The van der Waals surface area contributed by atoms with E-state index >= 15 is 0 Å². The zero-order valence-corrected chi connectivity index (χ0v) is 13.4. The van der Waals surface area contributed by atoms with E-state index in [0.29, 0.717) is 24.9 Å². The van der Waals surface area contributed by atoms with Crippen LogP contribution in [0.1, 0.15) is 13.8 Å². The third-order valence-corrected chi connectivity index (χ3v) is 4.31. The van der Waals surface area contributed by atoms with E-state index in [-0.39, 0.29) is 17.8 Å². The van der Waals surface area contributed by atoms with Gasteiger partial charge in [-0.2, -0.15) is 0 Å². The lowest BCUT2D eigenvalue weighted by Gasteiger charge is -2.27. The third-order valence-electron chi connectivity index (χ3n) is 4.31. The molecule has 1 fully saturated rings. The molecule has 2 rings (SSSR count). The van der Waals surface area contributed by atoms with Crippen LogP contribution < -0.4 is 5.32 Å². The van der Waals surface area contributed by atoms with Gasteiger partial charge >= 0.3 is 6.03 Å². The van der Waals surface area contributed by atoms with Gasteiger partial charge in [0, 0.05) is 25.2 Å². The maximum absolute atomic E-state index is 13.6. The van der Waals surface area contributed by atoms with E-state index in [2.05, 4.69) is 24.1 Å². The number of carbonyl (C=O) groups is 1.